The van der Waals surface area contributed by atoms with Gasteiger partial charge in [0.15, 0.2) is 0 Å². The molecule has 1 aromatic heterocycles. The van der Waals surface area contributed by atoms with Crippen molar-refractivity contribution in [1.29, 1.82) is 0 Å². The van der Waals surface area contributed by atoms with Crippen molar-refractivity contribution in [3.05, 3.63) is 47.2 Å². The number of para-hydroxylation sites is 1. The number of nitrogens with zero attached hydrogens (tertiary/aromatic N) is 1. The molecule has 2 bridgehead atoms. The number of aliphatic hydroxyl groups is 1. The molecule has 3 heteroatoms. The molecule has 0 amide bonds. The molecule has 0 saturated carbocycles. The minimum atomic E-state index is 0.232. The maximum absolute atomic E-state index is 9.42. The second-order valence-electron chi connectivity index (χ2n) is 6.27. The average molecular weight is 282 g/mol. The van der Waals surface area contributed by atoms with Crippen LogP contribution in [0.5, 0.6) is 0 Å². The fourth-order valence-corrected chi connectivity index (χ4v) is 4.26. The molecule has 2 N–H and O–H groups in total. The summed E-state index contributed by atoms with van der Waals surface area (Å²) < 4.78 is 0. The summed E-state index contributed by atoms with van der Waals surface area (Å²) in [4.78, 5) is 6.08. The van der Waals surface area contributed by atoms with Crippen LogP contribution in [-0.2, 0) is 6.42 Å². The summed E-state index contributed by atoms with van der Waals surface area (Å²) in [7, 11) is 0. The van der Waals surface area contributed by atoms with E-state index in [2.05, 4.69) is 47.1 Å². The van der Waals surface area contributed by atoms with Gasteiger partial charge < -0.3 is 10.1 Å². The number of hydrogen-bond donors (Lipinski definition) is 2. The monoisotopic (exact) mass is 282 g/mol. The first-order valence-corrected chi connectivity index (χ1v) is 7.91. The number of aromatic amines is 1. The van der Waals surface area contributed by atoms with E-state index in [1.165, 1.54) is 34.2 Å². The van der Waals surface area contributed by atoms with E-state index in [0.717, 1.165) is 19.5 Å². The highest BCUT2D eigenvalue weighted by atomic mass is 16.3. The SMILES string of the molecule is C/C=C1/CN(CCO)C2CC1Cc1[nH]c3ccccc3c12. The van der Waals surface area contributed by atoms with Crippen LogP contribution in [-0.4, -0.2) is 34.7 Å². The van der Waals surface area contributed by atoms with Crippen molar-refractivity contribution in [2.45, 2.75) is 25.8 Å². The number of piperidine rings is 1. The minimum absolute atomic E-state index is 0.232. The molecular formula is C18H22N2O. The number of nitrogens with one attached hydrogen (secondary N) is 1. The highest BCUT2D eigenvalue weighted by molar-refractivity contribution is 5.85. The van der Waals surface area contributed by atoms with E-state index in [1.807, 2.05) is 0 Å². The number of likely N-dealkylation sites (tertiary alicyclic amines) is 1. The fourth-order valence-electron chi connectivity index (χ4n) is 4.26. The lowest BCUT2D eigenvalue weighted by Gasteiger charge is -2.44. The first kappa shape index (κ1) is 13.1. The smallest absolute Gasteiger partial charge is 0.0558 e. The third-order valence-corrected chi connectivity index (χ3v) is 5.23. The molecule has 2 atom stereocenters. The summed E-state index contributed by atoms with van der Waals surface area (Å²) in [5, 5.41) is 10.8. The number of hydrogen-bond acceptors (Lipinski definition) is 2. The van der Waals surface area contributed by atoms with Crippen molar-refractivity contribution in [2.24, 2.45) is 5.92 Å². The summed E-state index contributed by atoms with van der Waals surface area (Å²) in [5.41, 5.74) is 5.66. The first-order chi connectivity index (χ1) is 10.3. The van der Waals surface area contributed by atoms with E-state index in [-0.39, 0.29) is 6.61 Å². The normalized spacial score (nSPS) is 27.2. The fraction of sp³-hybridized carbons (Fsp3) is 0.444. The van der Waals surface area contributed by atoms with Gasteiger partial charge in [0, 0.05) is 35.7 Å². The highest BCUT2D eigenvalue weighted by Crippen LogP contribution is 2.46. The number of H-pyrrole nitrogens is 1. The molecule has 0 spiro atoms. The van der Waals surface area contributed by atoms with Crippen LogP contribution in [0, 0.1) is 5.92 Å². The van der Waals surface area contributed by atoms with Crippen LogP contribution in [0.4, 0.5) is 0 Å². The van der Waals surface area contributed by atoms with Gasteiger partial charge in [-0.15, -0.1) is 0 Å². The Morgan fingerprint density at radius 1 is 1.38 bits per heavy atom. The van der Waals surface area contributed by atoms with E-state index < -0.39 is 0 Å². The van der Waals surface area contributed by atoms with E-state index in [9.17, 15) is 5.11 Å². The standard InChI is InChI=1S/C18H22N2O/c1-2-12-11-20(7-8-21)17-10-13(12)9-16-18(17)14-5-3-4-6-15(14)19-16/h2-6,13,17,19,21H,7-11H2,1H3/b12-2-. The number of β-amino-alcohol motifs (C(OH)–C–C–N with tert-alkyl or cyclic N) is 1. The number of fused-ring (bicyclic) bond motifs is 6. The summed E-state index contributed by atoms with van der Waals surface area (Å²) >= 11 is 0. The Kier molecular flexibility index (Phi) is 3.12. The number of rotatable bonds is 2. The van der Waals surface area contributed by atoms with Gasteiger partial charge in [0.2, 0.25) is 0 Å². The second kappa shape index (κ2) is 5.00. The van der Waals surface area contributed by atoms with E-state index in [4.69, 9.17) is 0 Å². The zero-order chi connectivity index (χ0) is 14.4. The number of allylic oxidation sites excluding steroid dienone is 1. The predicted octanol–water partition coefficient (Wildman–Crippen LogP) is 3.03. The van der Waals surface area contributed by atoms with Crippen LogP contribution < -0.4 is 0 Å². The Morgan fingerprint density at radius 2 is 2.24 bits per heavy atom. The van der Waals surface area contributed by atoms with Gasteiger partial charge in [-0.3, -0.25) is 4.90 Å². The van der Waals surface area contributed by atoms with Crippen LogP contribution in [0.1, 0.15) is 30.6 Å². The molecule has 2 heterocycles. The van der Waals surface area contributed by atoms with Crippen molar-refractivity contribution in [3.8, 4) is 0 Å². The molecule has 3 nitrogen and oxygen atoms in total. The topological polar surface area (TPSA) is 39.3 Å². The Labute approximate surface area is 125 Å². The molecule has 110 valence electrons. The Morgan fingerprint density at radius 3 is 3.05 bits per heavy atom. The maximum atomic E-state index is 9.42. The minimum Gasteiger partial charge on any atom is -0.395 e. The van der Waals surface area contributed by atoms with Gasteiger partial charge >= 0.3 is 0 Å². The lowest BCUT2D eigenvalue weighted by atomic mass is 9.75. The average Bonchev–Trinajstić information content (AvgIpc) is 2.88. The Balaban J connectivity index is 1.86. The zero-order valence-electron chi connectivity index (χ0n) is 12.5. The first-order valence-electron chi connectivity index (χ1n) is 7.91. The Bertz CT molecular complexity index is 700. The number of aromatic nitrogens is 1. The zero-order valence-corrected chi connectivity index (χ0v) is 12.5. The third kappa shape index (κ3) is 1.95. The second-order valence-corrected chi connectivity index (χ2v) is 6.27. The molecule has 1 aromatic carbocycles. The summed E-state index contributed by atoms with van der Waals surface area (Å²) in [5.74, 6) is 0.663. The molecule has 1 aliphatic heterocycles. The molecule has 1 aliphatic carbocycles. The van der Waals surface area contributed by atoms with Gasteiger partial charge in [0.05, 0.1) is 6.61 Å². The van der Waals surface area contributed by atoms with Crippen molar-refractivity contribution in [1.82, 2.24) is 9.88 Å². The Hall–Kier alpha value is -1.58. The summed E-state index contributed by atoms with van der Waals surface area (Å²) in [6, 6.07) is 9.07. The molecule has 2 aliphatic rings. The van der Waals surface area contributed by atoms with Crippen molar-refractivity contribution in [2.75, 3.05) is 19.7 Å². The lowest BCUT2D eigenvalue weighted by Crippen LogP contribution is -2.43. The maximum Gasteiger partial charge on any atom is 0.0558 e. The molecule has 2 aromatic rings. The molecule has 2 unspecified atom stereocenters. The van der Waals surface area contributed by atoms with E-state index in [1.54, 1.807) is 0 Å². The quantitative estimate of drug-likeness (QED) is 0.831. The van der Waals surface area contributed by atoms with Crippen LogP contribution in [0.2, 0.25) is 0 Å². The van der Waals surface area contributed by atoms with E-state index in [0.29, 0.717) is 12.0 Å². The largest absolute Gasteiger partial charge is 0.395 e. The van der Waals surface area contributed by atoms with Crippen molar-refractivity contribution < 1.29 is 5.11 Å². The van der Waals surface area contributed by atoms with Crippen molar-refractivity contribution >= 4 is 10.9 Å². The third-order valence-electron chi connectivity index (χ3n) is 5.23. The molecule has 21 heavy (non-hydrogen) atoms. The number of aliphatic hydroxyl groups excluding tert-OH is 1. The summed E-state index contributed by atoms with van der Waals surface area (Å²) in [6.45, 7) is 4.14. The molecular weight excluding hydrogens is 260 g/mol. The molecule has 4 rings (SSSR count). The van der Waals surface area contributed by atoms with Gasteiger partial charge in [-0.1, -0.05) is 29.8 Å². The lowest BCUT2D eigenvalue weighted by molar-refractivity contribution is 0.112. The van der Waals surface area contributed by atoms with Crippen LogP contribution >= 0.6 is 0 Å². The summed E-state index contributed by atoms with van der Waals surface area (Å²) in [6.07, 6.45) is 4.60. The van der Waals surface area contributed by atoms with Gasteiger partial charge in [-0.05, 0) is 37.3 Å². The van der Waals surface area contributed by atoms with Gasteiger partial charge in [-0.2, -0.15) is 0 Å². The van der Waals surface area contributed by atoms with Crippen LogP contribution in [0.25, 0.3) is 10.9 Å². The van der Waals surface area contributed by atoms with Crippen LogP contribution in [0.3, 0.4) is 0 Å². The number of benzene rings is 1. The van der Waals surface area contributed by atoms with Gasteiger partial charge in [0.25, 0.3) is 0 Å². The van der Waals surface area contributed by atoms with E-state index >= 15 is 0 Å². The molecule has 1 saturated heterocycles. The highest BCUT2D eigenvalue weighted by Gasteiger charge is 2.39. The van der Waals surface area contributed by atoms with Gasteiger partial charge in [-0.25, -0.2) is 0 Å². The van der Waals surface area contributed by atoms with Crippen LogP contribution in [0.15, 0.2) is 35.9 Å². The van der Waals surface area contributed by atoms with Gasteiger partial charge in [0.1, 0.15) is 0 Å². The predicted molar refractivity (Wildman–Crippen MR) is 85.3 cm³/mol. The molecule has 1 fully saturated rings. The van der Waals surface area contributed by atoms with Crippen molar-refractivity contribution in [3.63, 3.8) is 0 Å². The molecule has 0 radical (unpaired) electrons.